The van der Waals surface area contributed by atoms with Crippen LogP contribution in [0.3, 0.4) is 0 Å². The van der Waals surface area contributed by atoms with Gasteiger partial charge in [0.2, 0.25) is 0 Å². The highest BCUT2D eigenvalue weighted by Crippen LogP contribution is 2.12. The molecule has 0 aliphatic carbocycles. The van der Waals surface area contributed by atoms with Crippen molar-refractivity contribution in [3.05, 3.63) is 33.1 Å². The number of rotatable bonds is 3. The Balaban J connectivity index is 2.78. The fraction of sp³-hybridized carbons (Fsp3) is 0.300. The highest BCUT2D eigenvalue weighted by Gasteiger charge is 2.10. The van der Waals surface area contributed by atoms with Crippen LogP contribution in [-0.2, 0) is 0 Å². The van der Waals surface area contributed by atoms with Crippen LogP contribution in [0.2, 0.25) is 0 Å². The number of halogens is 2. The molecular formula is C10H11FINO2. The Labute approximate surface area is 101 Å². The number of aliphatic hydroxyl groups is 1. The molecular weight excluding hydrogens is 312 g/mol. The van der Waals surface area contributed by atoms with Crippen molar-refractivity contribution in [2.75, 3.05) is 6.61 Å². The van der Waals surface area contributed by atoms with E-state index in [0.717, 1.165) is 0 Å². The number of hydrogen-bond donors (Lipinski definition) is 2. The van der Waals surface area contributed by atoms with Crippen molar-refractivity contribution in [1.82, 2.24) is 5.32 Å². The molecule has 0 aliphatic heterocycles. The molecule has 3 nitrogen and oxygen atoms in total. The molecule has 0 heterocycles. The van der Waals surface area contributed by atoms with Crippen LogP contribution in [0.1, 0.15) is 17.3 Å². The topological polar surface area (TPSA) is 49.3 Å². The molecule has 15 heavy (non-hydrogen) atoms. The summed E-state index contributed by atoms with van der Waals surface area (Å²) in [5.41, 5.74) is 0.258. The number of nitrogens with one attached hydrogen (secondary N) is 1. The average Bonchev–Trinajstić information content (AvgIpc) is 2.21. The second-order valence-corrected chi connectivity index (χ2v) is 4.35. The van der Waals surface area contributed by atoms with Gasteiger partial charge in [0.15, 0.2) is 0 Å². The molecule has 0 radical (unpaired) electrons. The van der Waals surface area contributed by atoms with Gasteiger partial charge in [-0.15, -0.1) is 0 Å². The van der Waals surface area contributed by atoms with Crippen LogP contribution in [0.15, 0.2) is 18.2 Å². The van der Waals surface area contributed by atoms with Gasteiger partial charge in [-0.05, 0) is 47.7 Å². The Hall–Kier alpha value is -0.690. The predicted octanol–water partition coefficient (Wildman–Crippen LogP) is 1.54. The van der Waals surface area contributed by atoms with Gasteiger partial charge in [0.1, 0.15) is 5.82 Å². The van der Waals surface area contributed by atoms with Crippen molar-refractivity contribution >= 4 is 28.5 Å². The molecule has 0 aliphatic rings. The van der Waals surface area contributed by atoms with Crippen LogP contribution in [0.25, 0.3) is 0 Å². The van der Waals surface area contributed by atoms with Crippen LogP contribution >= 0.6 is 22.6 Å². The maximum atomic E-state index is 13.1. The molecule has 0 saturated heterocycles. The van der Waals surface area contributed by atoms with Crippen LogP contribution in [-0.4, -0.2) is 23.7 Å². The Bertz CT molecular complexity index is 370. The highest BCUT2D eigenvalue weighted by atomic mass is 127. The number of aliphatic hydroxyl groups excluding tert-OH is 1. The third-order valence-electron chi connectivity index (χ3n) is 1.83. The number of carbonyl (C=O) groups is 1. The van der Waals surface area contributed by atoms with Gasteiger partial charge in [0.25, 0.3) is 5.91 Å². The second kappa shape index (κ2) is 5.41. The van der Waals surface area contributed by atoms with Gasteiger partial charge in [-0.25, -0.2) is 4.39 Å². The monoisotopic (exact) mass is 323 g/mol. The molecule has 0 bridgehead atoms. The first-order valence-corrected chi connectivity index (χ1v) is 5.49. The van der Waals surface area contributed by atoms with Crippen molar-refractivity contribution in [3.63, 3.8) is 0 Å². The van der Waals surface area contributed by atoms with E-state index >= 15 is 0 Å². The zero-order chi connectivity index (χ0) is 11.4. The summed E-state index contributed by atoms with van der Waals surface area (Å²) in [6, 6.07) is 3.93. The van der Waals surface area contributed by atoms with Crippen molar-refractivity contribution in [2.24, 2.45) is 0 Å². The summed E-state index contributed by atoms with van der Waals surface area (Å²) in [6.07, 6.45) is 0. The van der Waals surface area contributed by atoms with E-state index in [1.165, 1.54) is 12.1 Å². The van der Waals surface area contributed by atoms with Crippen LogP contribution in [0, 0.1) is 9.39 Å². The summed E-state index contributed by atoms with van der Waals surface area (Å²) in [5.74, 6) is -0.799. The van der Waals surface area contributed by atoms with Crippen LogP contribution < -0.4 is 5.32 Å². The maximum absolute atomic E-state index is 13.1. The molecule has 5 heteroatoms. The minimum Gasteiger partial charge on any atom is -0.394 e. The molecule has 82 valence electrons. The lowest BCUT2D eigenvalue weighted by molar-refractivity contribution is 0.0922. The van der Waals surface area contributed by atoms with Gasteiger partial charge < -0.3 is 10.4 Å². The third kappa shape index (κ3) is 3.42. The first-order chi connectivity index (χ1) is 7.04. The SMILES string of the molecule is CC(CO)NC(=O)c1ccc(I)c(F)c1. The lowest BCUT2D eigenvalue weighted by atomic mass is 10.2. The molecule has 0 fully saturated rings. The van der Waals surface area contributed by atoms with Crippen molar-refractivity contribution in [2.45, 2.75) is 13.0 Å². The Kier molecular flexibility index (Phi) is 4.46. The summed E-state index contributed by atoms with van der Waals surface area (Å²) < 4.78 is 13.6. The molecule has 1 rings (SSSR count). The molecule has 1 aromatic carbocycles. The number of hydrogen-bond acceptors (Lipinski definition) is 2. The zero-order valence-electron chi connectivity index (χ0n) is 8.13. The fourth-order valence-electron chi connectivity index (χ4n) is 0.990. The quantitative estimate of drug-likeness (QED) is 0.829. The van der Waals surface area contributed by atoms with Crippen molar-refractivity contribution < 1.29 is 14.3 Å². The Morgan fingerprint density at radius 3 is 2.87 bits per heavy atom. The molecule has 0 saturated carbocycles. The van der Waals surface area contributed by atoms with E-state index in [1.54, 1.807) is 13.0 Å². The zero-order valence-corrected chi connectivity index (χ0v) is 10.3. The largest absolute Gasteiger partial charge is 0.394 e. The Morgan fingerprint density at radius 2 is 2.33 bits per heavy atom. The standard InChI is InChI=1S/C10H11FINO2/c1-6(5-14)13-10(15)7-2-3-9(12)8(11)4-7/h2-4,6,14H,5H2,1H3,(H,13,15). The van der Waals surface area contributed by atoms with E-state index in [1.807, 2.05) is 22.6 Å². The maximum Gasteiger partial charge on any atom is 0.251 e. The van der Waals surface area contributed by atoms with E-state index in [0.29, 0.717) is 3.57 Å². The summed E-state index contributed by atoms with van der Waals surface area (Å²) >= 11 is 1.85. The summed E-state index contributed by atoms with van der Waals surface area (Å²) in [5, 5.41) is 11.3. The second-order valence-electron chi connectivity index (χ2n) is 3.19. The lowest BCUT2D eigenvalue weighted by Crippen LogP contribution is -2.35. The minimum atomic E-state index is -0.417. The van der Waals surface area contributed by atoms with Gasteiger partial charge >= 0.3 is 0 Å². The van der Waals surface area contributed by atoms with Gasteiger partial charge in [-0.3, -0.25) is 4.79 Å². The van der Waals surface area contributed by atoms with Crippen LogP contribution in [0.5, 0.6) is 0 Å². The summed E-state index contributed by atoms with van der Waals surface area (Å²) in [7, 11) is 0. The van der Waals surface area contributed by atoms with E-state index < -0.39 is 5.82 Å². The van der Waals surface area contributed by atoms with E-state index in [-0.39, 0.29) is 24.1 Å². The third-order valence-corrected chi connectivity index (χ3v) is 2.71. The first-order valence-electron chi connectivity index (χ1n) is 4.41. The van der Waals surface area contributed by atoms with E-state index in [9.17, 15) is 9.18 Å². The average molecular weight is 323 g/mol. The van der Waals surface area contributed by atoms with Crippen LogP contribution in [0.4, 0.5) is 4.39 Å². The summed E-state index contributed by atoms with van der Waals surface area (Å²) in [4.78, 5) is 11.5. The molecule has 0 spiro atoms. The minimum absolute atomic E-state index is 0.140. The molecule has 1 aromatic rings. The normalized spacial score (nSPS) is 12.3. The molecule has 1 unspecified atom stereocenters. The van der Waals surface area contributed by atoms with Gasteiger partial charge in [-0.2, -0.15) is 0 Å². The van der Waals surface area contributed by atoms with E-state index in [2.05, 4.69) is 5.32 Å². The number of benzene rings is 1. The van der Waals surface area contributed by atoms with Gasteiger partial charge in [0.05, 0.1) is 6.61 Å². The van der Waals surface area contributed by atoms with Gasteiger partial charge in [0, 0.05) is 15.2 Å². The summed E-state index contributed by atoms with van der Waals surface area (Å²) in [6.45, 7) is 1.53. The first kappa shape index (κ1) is 12.4. The Morgan fingerprint density at radius 1 is 1.67 bits per heavy atom. The lowest BCUT2D eigenvalue weighted by Gasteiger charge is -2.10. The smallest absolute Gasteiger partial charge is 0.251 e. The predicted molar refractivity (Wildman–Crippen MR) is 63.1 cm³/mol. The van der Waals surface area contributed by atoms with E-state index in [4.69, 9.17) is 5.11 Å². The van der Waals surface area contributed by atoms with Crippen molar-refractivity contribution in [1.29, 1.82) is 0 Å². The molecule has 0 aromatic heterocycles. The number of amides is 1. The molecule has 1 atom stereocenters. The van der Waals surface area contributed by atoms with Gasteiger partial charge in [-0.1, -0.05) is 0 Å². The van der Waals surface area contributed by atoms with Crippen molar-refractivity contribution in [3.8, 4) is 0 Å². The number of carbonyl (C=O) groups excluding carboxylic acids is 1. The molecule has 1 amide bonds. The molecule has 2 N–H and O–H groups in total. The fourth-order valence-corrected chi connectivity index (χ4v) is 1.33. The highest BCUT2D eigenvalue weighted by molar-refractivity contribution is 14.1.